The van der Waals surface area contributed by atoms with E-state index in [1.54, 1.807) is 0 Å². The van der Waals surface area contributed by atoms with Crippen molar-refractivity contribution in [2.75, 3.05) is 25.1 Å². The average molecular weight is 287 g/mol. The average Bonchev–Trinajstić information content (AvgIpc) is 2.33. The van der Waals surface area contributed by atoms with Crippen LogP contribution in [0.2, 0.25) is 5.15 Å². The molecule has 0 bridgehead atoms. The number of amides is 1. The monoisotopic (exact) mass is 286 g/mol. The molecule has 0 saturated heterocycles. The number of aromatic nitrogens is 2. The maximum atomic E-state index is 10.5. The number of hydrogen-bond acceptors (Lipinski definition) is 5. The van der Waals surface area contributed by atoms with Gasteiger partial charge in [0.05, 0.1) is 6.61 Å². The highest BCUT2D eigenvalue weighted by atomic mass is 35.5. The van der Waals surface area contributed by atoms with Gasteiger partial charge in [0, 0.05) is 18.0 Å². The Morgan fingerprint density at radius 3 is 2.74 bits per heavy atom. The fourth-order valence-corrected chi connectivity index (χ4v) is 1.53. The minimum absolute atomic E-state index is 0.0809. The van der Waals surface area contributed by atoms with Crippen molar-refractivity contribution in [3.63, 3.8) is 0 Å². The number of carbonyl (C=O) groups excluding carboxylic acids is 1. The van der Waals surface area contributed by atoms with Crippen molar-refractivity contribution in [1.82, 2.24) is 9.97 Å². The lowest BCUT2D eigenvalue weighted by molar-refractivity contribution is -0.122. The molecule has 1 heterocycles. The lowest BCUT2D eigenvalue weighted by Crippen LogP contribution is -2.21. The molecule has 0 aliphatic carbocycles. The van der Waals surface area contributed by atoms with Crippen molar-refractivity contribution in [3.8, 4) is 0 Å². The Hall–Kier alpha value is -1.40. The van der Waals surface area contributed by atoms with E-state index in [0.717, 1.165) is 5.56 Å². The summed E-state index contributed by atoms with van der Waals surface area (Å²) >= 11 is 6.06. The van der Waals surface area contributed by atoms with Gasteiger partial charge in [0.15, 0.2) is 0 Å². The van der Waals surface area contributed by atoms with Crippen LogP contribution in [0.3, 0.4) is 0 Å². The molecule has 0 atom stereocenters. The van der Waals surface area contributed by atoms with E-state index in [9.17, 15) is 4.79 Å². The SMILES string of the molecule is Cc1c(Cl)nc(C(C)C)nc1NCCOCC(N)=O. The molecule has 0 unspecified atom stereocenters. The van der Waals surface area contributed by atoms with Crippen molar-refractivity contribution in [3.05, 3.63) is 16.5 Å². The first-order valence-corrected chi connectivity index (χ1v) is 6.43. The molecule has 0 fully saturated rings. The number of nitrogens with one attached hydrogen (secondary N) is 1. The van der Waals surface area contributed by atoms with Gasteiger partial charge in [-0.05, 0) is 6.92 Å². The molecule has 1 rings (SSSR count). The Kier molecular flexibility index (Phi) is 5.98. The van der Waals surface area contributed by atoms with Gasteiger partial charge < -0.3 is 15.8 Å². The lowest BCUT2D eigenvalue weighted by atomic mass is 10.2. The van der Waals surface area contributed by atoms with Gasteiger partial charge in [-0.25, -0.2) is 9.97 Å². The molecule has 106 valence electrons. The third kappa shape index (κ3) is 5.00. The third-order valence-corrected chi connectivity index (χ3v) is 2.77. The number of ether oxygens (including phenoxy) is 1. The highest BCUT2D eigenvalue weighted by molar-refractivity contribution is 6.30. The third-order valence-electron chi connectivity index (χ3n) is 2.40. The molecule has 1 aromatic rings. The van der Waals surface area contributed by atoms with Crippen molar-refractivity contribution in [1.29, 1.82) is 0 Å². The zero-order valence-corrected chi connectivity index (χ0v) is 12.1. The van der Waals surface area contributed by atoms with Crippen molar-refractivity contribution in [2.24, 2.45) is 5.73 Å². The second-order valence-electron chi connectivity index (χ2n) is 4.45. The lowest BCUT2D eigenvalue weighted by Gasteiger charge is -2.12. The molecule has 6 nitrogen and oxygen atoms in total. The van der Waals surface area contributed by atoms with E-state index in [-0.39, 0.29) is 12.5 Å². The second kappa shape index (κ2) is 7.25. The van der Waals surface area contributed by atoms with Crippen LogP contribution in [0.15, 0.2) is 0 Å². The highest BCUT2D eigenvalue weighted by Crippen LogP contribution is 2.22. The number of nitrogens with zero attached hydrogens (tertiary/aromatic N) is 2. The molecule has 0 radical (unpaired) electrons. The first-order valence-electron chi connectivity index (χ1n) is 6.05. The van der Waals surface area contributed by atoms with E-state index in [1.807, 2.05) is 20.8 Å². The number of rotatable bonds is 7. The van der Waals surface area contributed by atoms with Crippen LogP contribution in [0.1, 0.15) is 31.2 Å². The summed E-state index contributed by atoms with van der Waals surface area (Å²) in [6.45, 7) is 6.64. The van der Waals surface area contributed by atoms with Gasteiger partial charge in [-0.1, -0.05) is 25.4 Å². The molecule has 0 saturated carbocycles. The molecule has 0 aliphatic rings. The molecule has 0 spiro atoms. The van der Waals surface area contributed by atoms with E-state index in [1.165, 1.54) is 0 Å². The summed E-state index contributed by atoms with van der Waals surface area (Å²) in [5.74, 6) is 1.09. The van der Waals surface area contributed by atoms with Crippen LogP contribution in [0.5, 0.6) is 0 Å². The van der Waals surface area contributed by atoms with Gasteiger partial charge in [-0.2, -0.15) is 0 Å². The summed E-state index contributed by atoms with van der Waals surface area (Å²) in [5, 5.41) is 3.55. The van der Waals surface area contributed by atoms with Crippen molar-refractivity contribution >= 4 is 23.3 Å². The van der Waals surface area contributed by atoms with E-state index in [0.29, 0.717) is 29.9 Å². The summed E-state index contributed by atoms with van der Waals surface area (Å²) < 4.78 is 5.05. The minimum Gasteiger partial charge on any atom is -0.370 e. The Morgan fingerprint density at radius 2 is 2.16 bits per heavy atom. The smallest absolute Gasteiger partial charge is 0.243 e. The molecule has 0 aromatic carbocycles. The van der Waals surface area contributed by atoms with E-state index >= 15 is 0 Å². The fraction of sp³-hybridized carbons (Fsp3) is 0.583. The summed E-state index contributed by atoms with van der Waals surface area (Å²) in [5.41, 5.74) is 5.75. The molecule has 7 heteroatoms. The zero-order valence-electron chi connectivity index (χ0n) is 11.4. The summed E-state index contributed by atoms with van der Waals surface area (Å²) in [7, 11) is 0. The van der Waals surface area contributed by atoms with Crippen LogP contribution in [-0.2, 0) is 9.53 Å². The number of anilines is 1. The van der Waals surface area contributed by atoms with Crippen LogP contribution >= 0.6 is 11.6 Å². The Bertz CT molecular complexity index is 452. The van der Waals surface area contributed by atoms with Crippen LogP contribution < -0.4 is 11.1 Å². The quantitative estimate of drug-likeness (QED) is 0.585. The van der Waals surface area contributed by atoms with Gasteiger partial charge in [0.1, 0.15) is 23.4 Å². The minimum atomic E-state index is -0.483. The first-order chi connectivity index (χ1) is 8.91. The molecule has 0 aliphatic heterocycles. The van der Waals surface area contributed by atoms with Crippen LogP contribution in [-0.4, -0.2) is 35.6 Å². The number of carbonyl (C=O) groups is 1. The van der Waals surface area contributed by atoms with Crippen LogP contribution in [0, 0.1) is 6.92 Å². The number of halogens is 1. The fourth-order valence-electron chi connectivity index (χ4n) is 1.35. The van der Waals surface area contributed by atoms with Crippen molar-refractivity contribution in [2.45, 2.75) is 26.7 Å². The number of hydrogen-bond donors (Lipinski definition) is 2. The Morgan fingerprint density at radius 1 is 1.47 bits per heavy atom. The molecule has 1 amide bonds. The van der Waals surface area contributed by atoms with Gasteiger partial charge in [0.25, 0.3) is 0 Å². The van der Waals surface area contributed by atoms with Gasteiger partial charge >= 0.3 is 0 Å². The van der Waals surface area contributed by atoms with E-state index in [2.05, 4.69) is 15.3 Å². The molecular formula is C12H19ClN4O2. The van der Waals surface area contributed by atoms with Crippen molar-refractivity contribution < 1.29 is 9.53 Å². The summed E-state index contributed by atoms with van der Waals surface area (Å²) in [4.78, 5) is 19.1. The maximum Gasteiger partial charge on any atom is 0.243 e. The molecule has 19 heavy (non-hydrogen) atoms. The van der Waals surface area contributed by atoms with Gasteiger partial charge in [-0.15, -0.1) is 0 Å². The predicted molar refractivity (Wildman–Crippen MR) is 74.4 cm³/mol. The molecular weight excluding hydrogens is 268 g/mol. The maximum absolute atomic E-state index is 10.5. The summed E-state index contributed by atoms with van der Waals surface area (Å²) in [6.07, 6.45) is 0. The number of nitrogens with two attached hydrogens (primary N) is 1. The predicted octanol–water partition coefficient (Wildman–Crippen LogP) is 1.48. The highest BCUT2D eigenvalue weighted by Gasteiger charge is 2.11. The number of primary amides is 1. The van der Waals surface area contributed by atoms with Crippen LogP contribution in [0.25, 0.3) is 0 Å². The van der Waals surface area contributed by atoms with E-state index in [4.69, 9.17) is 22.1 Å². The van der Waals surface area contributed by atoms with Crippen LogP contribution in [0.4, 0.5) is 5.82 Å². The summed E-state index contributed by atoms with van der Waals surface area (Å²) in [6, 6.07) is 0. The Balaban J connectivity index is 2.59. The van der Waals surface area contributed by atoms with Gasteiger partial charge in [0.2, 0.25) is 5.91 Å². The Labute approximate surface area is 117 Å². The second-order valence-corrected chi connectivity index (χ2v) is 4.80. The standard InChI is InChI=1S/C12H19ClN4O2/c1-7(2)11-16-10(13)8(3)12(17-11)15-4-5-19-6-9(14)18/h7H,4-6H2,1-3H3,(H2,14,18)(H,15,16,17). The van der Waals surface area contributed by atoms with E-state index < -0.39 is 5.91 Å². The molecule has 3 N–H and O–H groups in total. The zero-order chi connectivity index (χ0) is 14.4. The topological polar surface area (TPSA) is 90.1 Å². The largest absolute Gasteiger partial charge is 0.370 e. The normalized spacial score (nSPS) is 10.8. The molecule has 1 aromatic heterocycles. The van der Waals surface area contributed by atoms with Gasteiger partial charge in [-0.3, -0.25) is 4.79 Å². The first kappa shape index (κ1) is 15.7.